The van der Waals surface area contributed by atoms with Crippen molar-refractivity contribution in [3.05, 3.63) is 0 Å². The van der Waals surface area contributed by atoms with Gasteiger partial charge in [0.2, 0.25) is 0 Å². The Labute approximate surface area is 298 Å². The summed E-state index contributed by atoms with van der Waals surface area (Å²) < 4.78 is 33.6. The van der Waals surface area contributed by atoms with Gasteiger partial charge in [0, 0.05) is 13.0 Å². The second-order valence-electron chi connectivity index (χ2n) is 13.8. The molecule has 2 heterocycles. The van der Waals surface area contributed by atoms with Crippen LogP contribution in [0.2, 0.25) is 0 Å². The summed E-state index contributed by atoms with van der Waals surface area (Å²) in [6, 6.07) is 0. The highest BCUT2D eigenvalue weighted by atomic mass is 16.7. The lowest BCUT2D eigenvalue weighted by atomic mass is 9.98. The number of carbonyl (C=O) groups is 1. The van der Waals surface area contributed by atoms with Crippen molar-refractivity contribution in [3.63, 3.8) is 0 Å². The molecule has 14 heteroatoms. The van der Waals surface area contributed by atoms with Crippen molar-refractivity contribution in [1.29, 1.82) is 0 Å². The second kappa shape index (κ2) is 26.7. The van der Waals surface area contributed by atoms with E-state index in [-0.39, 0.29) is 19.6 Å². The number of hydrogen-bond acceptors (Lipinski definition) is 14. The van der Waals surface area contributed by atoms with E-state index in [1.807, 2.05) is 6.92 Å². The Hall–Kier alpha value is -1.01. The zero-order valence-electron chi connectivity index (χ0n) is 30.4. The Morgan fingerprint density at radius 3 is 1.60 bits per heavy atom. The molecule has 0 aliphatic carbocycles. The Balaban J connectivity index is 1.75. The Bertz CT molecular complexity index is 850. The number of aliphatic hydroxyl groups excluding tert-OH is 7. The number of hydrogen-bond donors (Lipinski definition) is 7. The zero-order valence-corrected chi connectivity index (χ0v) is 30.4. The molecule has 2 fully saturated rings. The number of aliphatic hydroxyl groups is 7. The van der Waals surface area contributed by atoms with Gasteiger partial charge in [0.15, 0.2) is 12.6 Å². The van der Waals surface area contributed by atoms with Crippen molar-refractivity contribution >= 4 is 5.97 Å². The molecule has 0 spiro atoms. The molecule has 0 bridgehead atoms. The van der Waals surface area contributed by atoms with E-state index < -0.39 is 86.7 Å². The van der Waals surface area contributed by atoms with E-state index in [9.17, 15) is 40.5 Å². The molecule has 0 amide bonds. The van der Waals surface area contributed by atoms with E-state index in [2.05, 4.69) is 6.92 Å². The SMILES string of the molecule is CCCCCCCCCCCCCCCCOCC(COC1OC(COC2OC(CO)C(O)C(O)C2O)C(O)C(O)C1O)OC(=O)CCCC. The predicted octanol–water partition coefficient (Wildman–Crippen LogP) is 2.23. The van der Waals surface area contributed by atoms with Gasteiger partial charge in [-0.15, -0.1) is 0 Å². The summed E-state index contributed by atoms with van der Waals surface area (Å²) in [5, 5.41) is 71.2. The highest BCUT2D eigenvalue weighted by Crippen LogP contribution is 2.26. The third-order valence-electron chi connectivity index (χ3n) is 9.37. The van der Waals surface area contributed by atoms with Crippen LogP contribution in [0.4, 0.5) is 0 Å². The normalized spacial score (nSPS) is 30.7. The van der Waals surface area contributed by atoms with Crippen LogP contribution in [0.25, 0.3) is 0 Å². The van der Waals surface area contributed by atoms with Gasteiger partial charge >= 0.3 is 5.97 Å². The standard InChI is InChI=1S/C36H68O14/c1-3-5-7-8-9-10-11-12-13-14-15-16-17-18-20-45-22-25(48-28(38)19-6-4-2)23-46-35-34(44)32(42)30(40)27(50-35)24-47-36-33(43)31(41)29(39)26(21-37)49-36/h25-27,29-37,39-44H,3-24H2,1-2H3. The zero-order chi connectivity index (χ0) is 36.7. The van der Waals surface area contributed by atoms with Gasteiger partial charge in [0.1, 0.15) is 54.9 Å². The number of esters is 1. The van der Waals surface area contributed by atoms with Gasteiger partial charge in [-0.3, -0.25) is 4.79 Å². The van der Waals surface area contributed by atoms with Gasteiger partial charge in [-0.2, -0.15) is 0 Å². The smallest absolute Gasteiger partial charge is 0.306 e. The molecule has 0 aromatic heterocycles. The van der Waals surface area contributed by atoms with E-state index >= 15 is 0 Å². The summed E-state index contributed by atoms with van der Waals surface area (Å²) in [6.07, 6.45) is 3.18. The van der Waals surface area contributed by atoms with Gasteiger partial charge in [0.05, 0.1) is 26.4 Å². The third kappa shape index (κ3) is 16.8. The minimum atomic E-state index is -1.70. The van der Waals surface area contributed by atoms with Gasteiger partial charge in [-0.1, -0.05) is 104 Å². The monoisotopic (exact) mass is 724 g/mol. The predicted molar refractivity (Wildman–Crippen MR) is 183 cm³/mol. The molecule has 11 unspecified atom stereocenters. The fraction of sp³-hybridized carbons (Fsp3) is 0.972. The van der Waals surface area contributed by atoms with Crippen LogP contribution in [0.3, 0.4) is 0 Å². The van der Waals surface area contributed by atoms with E-state index in [1.165, 1.54) is 70.6 Å². The van der Waals surface area contributed by atoms with Crippen molar-refractivity contribution in [2.24, 2.45) is 0 Å². The second-order valence-corrected chi connectivity index (χ2v) is 13.8. The van der Waals surface area contributed by atoms with Crippen LogP contribution in [0.5, 0.6) is 0 Å². The Morgan fingerprint density at radius 1 is 0.580 bits per heavy atom. The van der Waals surface area contributed by atoms with E-state index in [0.29, 0.717) is 13.0 Å². The highest BCUT2D eigenvalue weighted by Gasteiger charge is 2.47. The molecule has 0 aromatic carbocycles. The molecular weight excluding hydrogens is 656 g/mol. The first-order chi connectivity index (χ1) is 24.1. The number of rotatable bonds is 28. The van der Waals surface area contributed by atoms with Crippen LogP contribution in [0.15, 0.2) is 0 Å². The molecule has 0 saturated carbocycles. The quantitative estimate of drug-likeness (QED) is 0.0456. The van der Waals surface area contributed by atoms with E-state index in [1.54, 1.807) is 0 Å². The molecule has 2 aliphatic rings. The third-order valence-corrected chi connectivity index (χ3v) is 9.37. The summed E-state index contributed by atoms with van der Waals surface area (Å²) in [6.45, 7) is 3.41. The first-order valence-corrected chi connectivity index (χ1v) is 19.1. The van der Waals surface area contributed by atoms with Crippen LogP contribution in [0.1, 0.15) is 123 Å². The van der Waals surface area contributed by atoms with Crippen molar-refractivity contribution in [1.82, 2.24) is 0 Å². The van der Waals surface area contributed by atoms with Crippen molar-refractivity contribution in [2.75, 3.05) is 33.0 Å². The van der Waals surface area contributed by atoms with E-state index in [0.717, 1.165) is 25.7 Å². The van der Waals surface area contributed by atoms with Crippen molar-refractivity contribution in [2.45, 2.75) is 191 Å². The lowest BCUT2D eigenvalue weighted by Gasteiger charge is -2.42. The number of carbonyl (C=O) groups excluding carboxylic acids is 1. The van der Waals surface area contributed by atoms with Gasteiger partial charge in [-0.05, 0) is 12.8 Å². The maximum atomic E-state index is 12.4. The molecule has 0 radical (unpaired) electrons. The average Bonchev–Trinajstić information content (AvgIpc) is 3.11. The fourth-order valence-electron chi connectivity index (χ4n) is 6.08. The number of ether oxygens (including phenoxy) is 6. The first kappa shape index (κ1) is 45.1. The maximum Gasteiger partial charge on any atom is 0.306 e. The molecule has 7 N–H and O–H groups in total. The molecule has 0 aromatic rings. The largest absolute Gasteiger partial charge is 0.457 e. The molecule has 2 rings (SSSR count). The average molecular weight is 725 g/mol. The molecule has 296 valence electrons. The lowest BCUT2D eigenvalue weighted by molar-refractivity contribution is -0.332. The topological polar surface area (TPSA) is 214 Å². The van der Waals surface area contributed by atoms with Crippen LogP contribution in [-0.2, 0) is 33.2 Å². The van der Waals surface area contributed by atoms with E-state index in [4.69, 9.17) is 28.4 Å². The molecule has 14 nitrogen and oxygen atoms in total. The molecule has 50 heavy (non-hydrogen) atoms. The van der Waals surface area contributed by atoms with Gasteiger partial charge < -0.3 is 64.2 Å². The van der Waals surface area contributed by atoms with Crippen LogP contribution < -0.4 is 0 Å². The highest BCUT2D eigenvalue weighted by molar-refractivity contribution is 5.69. The van der Waals surface area contributed by atoms with Gasteiger partial charge in [-0.25, -0.2) is 0 Å². The summed E-state index contributed by atoms with van der Waals surface area (Å²) >= 11 is 0. The summed E-state index contributed by atoms with van der Waals surface area (Å²) in [5.74, 6) is -0.410. The van der Waals surface area contributed by atoms with Crippen LogP contribution in [-0.4, -0.2) is 142 Å². The van der Waals surface area contributed by atoms with Crippen LogP contribution in [0, 0.1) is 0 Å². The van der Waals surface area contributed by atoms with Crippen LogP contribution >= 0.6 is 0 Å². The van der Waals surface area contributed by atoms with Crippen molar-refractivity contribution < 1.29 is 69.0 Å². The summed E-state index contributed by atoms with van der Waals surface area (Å²) in [4.78, 5) is 12.4. The Morgan fingerprint density at radius 2 is 1.06 bits per heavy atom. The minimum Gasteiger partial charge on any atom is -0.457 e. The minimum absolute atomic E-state index is 0.0634. The van der Waals surface area contributed by atoms with Crippen molar-refractivity contribution in [3.8, 4) is 0 Å². The first-order valence-electron chi connectivity index (χ1n) is 19.1. The Kier molecular flexibility index (Phi) is 24.1. The van der Waals surface area contributed by atoms with Gasteiger partial charge in [0.25, 0.3) is 0 Å². The number of unbranched alkanes of at least 4 members (excludes halogenated alkanes) is 14. The molecule has 11 atom stereocenters. The fourth-order valence-corrected chi connectivity index (χ4v) is 6.08. The lowest BCUT2D eigenvalue weighted by Crippen LogP contribution is -2.61. The summed E-state index contributed by atoms with van der Waals surface area (Å²) in [5.41, 5.74) is 0. The molecule has 2 aliphatic heterocycles. The summed E-state index contributed by atoms with van der Waals surface area (Å²) in [7, 11) is 0. The molecular formula is C36H68O14. The molecule has 2 saturated heterocycles. The maximum absolute atomic E-state index is 12.4.